The van der Waals surface area contributed by atoms with Gasteiger partial charge in [0.2, 0.25) is 11.6 Å². The van der Waals surface area contributed by atoms with Crippen molar-refractivity contribution in [3.05, 3.63) is 175 Å². The van der Waals surface area contributed by atoms with E-state index in [9.17, 15) is 17.6 Å². The van der Waals surface area contributed by atoms with Crippen LogP contribution in [0.25, 0.3) is 0 Å². The van der Waals surface area contributed by atoms with Crippen LogP contribution >= 0.6 is 16.4 Å². The molecule has 0 radical (unpaired) electrons. The van der Waals surface area contributed by atoms with Crippen molar-refractivity contribution in [3.8, 4) is 0 Å². The normalized spacial score (nSPS) is 15.4. The van der Waals surface area contributed by atoms with Gasteiger partial charge in [-0.3, -0.25) is 9.17 Å². The molecule has 82 heavy (non-hydrogen) atoms. The van der Waals surface area contributed by atoms with Crippen LogP contribution in [-0.2, 0) is 0 Å². The Morgan fingerprint density at radius 1 is 0.220 bits per heavy atom. The van der Waals surface area contributed by atoms with Crippen molar-refractivity contribution in [2.45, 2.75) is 39.3 Å². The molecule has 1 saturated heterocycles. The molecule has 0 spiro atoms. The van der Waals surface area contributed by atoms with Gasteiger partial charge in [-0.15, -0.1) is 0 Å². The molecule has 40 heteroatoms. The lowest BCUT2D eigenvalue weighted by atomic mass is 9.50. The third kappa shape index (κ3) is 9.43. The van der Waals surface area contributed by atoms with E-state index >= 15 is 114 Å². The van der Waals surface area contributed by atoms with Crippen LogP contribution in [0.4, 0.5) is 132 Å². The van der Waals surface area contributed by atoms with Gasteiger partial charge in [0.1, 0.15) is 32.9 Å². The van der Waals surface area contributed by atoms with E-state index in [-0.39, 0.29) is 0 Å². The molecule has 6 aromatic carbocycles. The van der Waals surface area contributed by atoms with E-state index in [2.05, 4.69) is 0 Å². The van der Waals surface area contributed by atoms with Crippen LogP contribution in [0.2, 0.25) is 39.3 Å². The molecule has 1 aliphatic rings. The van der Waals surface area contributed by atoms with Crippen LogP contribution in [0.3, 0.4) is 0 Å². The van der Waals surface area contributed by atoms with Gasteiger partial charge in [0, 0.05) is 21.9 Å². The minimum absolute atomic E-state index is 0.446. The summed E-state index contributed by atoms with van der Waals surface area (Å²) in [5.41, 5.74) is -11.9. The Kier molecular flexibility index (Phi) is 17.1. The van der Waals surface area contributed by atoms with E-state index < -0.39 is 272 Å². The summed E-state index contributed by atoms with van der Waals surface area (Å²) in [4.78, 5) is 0. The van der Waals surface area contributed by atoms with E-state index in [0.717, 1.165) is 0 Å². The second-order valence-electron chi connectivity index (χ2n) is 18.7. The lowest BCUT2D eigenvalue weighted by molar-refractivity contribution is 0.289. The van der Waals surface area contributed by atoms with Crippen LogP contribution < -0.4 is 32.5 Å². The summed E-state index contributed by atoms with van der Waals surface area (Å²) in [5, 5.41) is -5.75. The fourth-order valence-corrected chi connectivity index (χ4v) is 21.6. The number of hydrogen-bond donors (Lipinski definition) is 0. The van der Waals surface area contributed by atoms with Crippen molar-refractivity contribution in [2.24, 2.45) is 0 Å². The summed E-state index contributed by atoms with van der Waals surface area (Å²) < 4.78 is 472. The molecule has 0 N–H and O–H groups in total. The minimum Gasteiger partial charge on any atom is -0.281 e. The molecule has 0 atom stereocenters. The number of nitrogens with zero attached hydrogens (tertiary/aromatic N) is 4. The highest BCUT2D eigenvalue weighted by Crippen LogP contribution is 2.78. The van der Waals surface area contributed by atoms with Gasteiger partial charge in [0.05, 0.1) is 10.6 Å². The Morgan fingerprint density at radius 3 is 0.476 bits per heavy atom. The number of hydrogen-bond acceptors (Lipinski definition) is 4. The Hall–Kier alpha value is -5.52. The molecule has 0 amide bonds. The summed E-state index contributed by atoms with van der Waals surface area (Å²) >= 11 is 0. The molecule has 0 unspecified atom stereocenters. The summed E-state index contributed by atoms with van der Waals surface area (Å²) in [7, 11) is -21.6. The van der Waals surface area contributed by atoms with E-state index in [4.69, 9.17) is 0 Å². The first kappa shape index (κ1) is 64.1. The third-order valence-electron chi connectivity index (χ3n) is 11.8. The maximum atomic E-state index is 16.9. The van der Waals surface area contributed by atoms with Crippen molar-refractivity contribution >= 4 is 79.1 Å². The molecule has 1 fully saturated rings. The van der Waals surface area contributed by atoms with Crippen molar-refractivity contribution < 1.29 is 132 Å². The molecule has 6 aromatic rings. The Bertz CT molecular complexity index is 3180. The quantitative estimate of drug-likeness (QED) is 0.0398. The van der Waals surface area contributed by atoms with Gasteiger partial charge < -0.3 is 0 Å². The van der Waals surface area contributed by atoms with Gasteiger partial charge in [0.25, 0.3) is 0 Å². The SMILES string of the molecule is C[Si](C)(C)N(B(c1c(F)c(F)c(F)c(F)c1F)c1c(F)c(F)c(F)c(F)c1F)N1P(c2c(F)c(F)c(F)c(F)c2F)N(N(B(c2c(F)c(F)c(F)c(F)c2F)c2c(F)c(F)c(F)c(F)c2F)[Si](C)(C)C)P1c1c(F)c(F)c(F)c(F)c1F. The zero-order valence-corrected chi connectivity index (χ0v) is 44.0. The molecular weight excluding hydrogens is 1270 g/mol. The van der Waals surface area contributed by atoms with Gasteiger partial charge >= 0.3 is 13.7 Å². The first-order valence-corrected chi connectivity index (χ1v) is 30.8. The fourth-order valence-electron chi connectivity index (χ4n) is 8.28. The highest BCUT2D eigenvalue weighted by atomic mass is 31.3. The van der Waals surface area contributed by atoms with Gasteiger partial charge in [-0.2, -0.15) is 9.10 Å². The van der Waals surface area contributed by atoms with Crippen LogP contribution in [0, 0.1) is 175 Å². The van der Waals surface area contributed by atoms with Crippen molar-refractivity contribution in [3.63, 3.8) is 0 Å². The number of hydrazine groups is 2. The summed E-state index contributed by atoms with van der Waals surface area (Å²) in [6.07, 6.45) is 0. The maximum Gasteiger partial charge on any atom is 0.313 e. The van der Waals surface area contributed by atoms with Crippen molar-refractivity contribution in [2.75, 3.05) is 0 Å². The zero-order chi connectivity index (χ0) is 62.4. The van der Waals surface area contributed by atoms with Gasteiger partial charge in [0.15, 0.2) is 163 Å². The Morgan fingerprint density at radius 2 is 0.341 bits per heavy atom. The van der Waals surface area contributed by atoms with Crippen LogP contribution in [0.5, 0.6) is 0 Å². The van der Waals surface area contributed by atoms with Gasteiger partial charge in [-0.1, -0.05) is 39.3 Å². The molecule has 0 saturated carbocycles. The number of halogens is 30. The predicted molar refractivity (Wildman–Crippen MR) is 235 cm³/mol. The second-order valence-corrected chi connectivity index (χ2v) is 32.5. The summed E-state index contributed by atoms with van der Waals surface area (Å²) in [6, 6.07) is 0. The van der Waals surface area contributed by atoms with Crippen molar-refractivity contribution in [1.82, 2.24) is 18.3 Å². The third-order valence-corrected chi connectivity index (χ3v) is 21.9. The number of benzene rings is 6. The Balaban J connectivity index is 1.87. The largest absolute Gasteiger partial charge is 0.313 e. The first-order chi connectivity index (χ1) is 37.6. The number of rotatable bonds is 12. The smallest absolute Gasteiger partial charge is 0.281 e. The fraction of sp³-hybridized carbons (Fsp3) is 0.143. The van der Waals surface area contributed by atoms with Crippen molar-refractivity contribution in [1.29, 1.82) is 0 Å². The second kappa shape index (κ2) is 21.8. The zero-order valence-electron chi connectivity index (χ0n) is 40.2. The Labute approximate surface area is 442 Å². The molecule has 0 aliphatic carbocycles. The maximum absolute atomic E-state index is 16.9. The summed E-state index contributed by atoms with van der Waals surface area (Å²) in [5.74, 6) is -101. The van der Waals surface area contributed by atoms with E-state index in [1.165, 1.54) is 0 Å². The molecule has 1 aliphatic heterocycles. The van der Waals surface area contributed by atoms with Crippen LogP contribution in [-0.4, -0.2) is 48.4 Å². The highest BCUT2D eigenvalue weighted by Gasteiger charge is 2.66. The van der Waals surface area contributed by atoms with E-state index in [0.29, 0.717) is 39.3 Å². The summed E-state index contributed by atoms with van der Waals surface area (Å²) in [6.45, 7) is -6.07. The predicted octanol–water partition coefficient (Wildman–Crippen LogP) is 11.8. The van der Waals surface area contributed by atoms with Gasteiger partial charge in [-0.25, -0.2) is 132 Å². The molecule has 0 aromatic heterocycles. The average molecular weight is 1290 g/mol. The molecule has 7 rings (SSSR count). The molecule has 440 valence electrons. The van der Waals surface area contributed by atoms with Crippen LogP contribution in [0.15, 0.2) is 0 Å². The monoisotopic (exact) mass is 1290 g/mol. The molecule has 1 heterocycles. The van der Waals surface area contributed by atoms with E-state index in [1.807, 2.05) is 0 Å². The lowest BCUT2D eigenvalue weighted by Crippen LogP contribution is -2.78. The molecule has 4 nitrogen and oxygen atoms in total. The van der Waals surface area contributed by atoms with Crippen LogP contribution in [0.1, 0.15) is 0 Å². The van der Waals surface area contributed by atoms with E-state index in [1.54, 1.807) is 0 Å². The van der Waals surface area contributed by atoms with Gasteiger partial charge in [-0.05, 0) is 0 Å². The standard InChI is InChI=1S/C42H18B2F30N4P2Si2/c1-81(2,3)75(43(7-11(45)19(53)27(61)20(54)12(7)46)8-13(47)21(55)28(62)22(56)14(8)48)77-79(41-37(71)33(67)31(65)34(68)38(41)72)78(80(77)42-39(73)35(69)32(66)36(70)40(42)74)76(82(4,5)6)44(9-15(49)23(57)29(63)24(58)16(9)50)10-17(51)25(59)30(64)26(60)18(10)52/h1-6H3. The first-order valence-electron chi connectivity index (χ1n) is 21.4. The molecule has 0 bridgehead atoms. The highest BCUT2D eigenvalue weighted by molar-refractivity contribution is 7.89. The molecular formula is C42H18B2F30N4P2Si2. The average Bonchev–Trinajstić information content (AvgIpc) is 1.89. The topological polar surface area (TPSA) is 13.0 Å². The lowest BCUT2D eigenvalue weighted by Gasteiger charge is -2.67. The minimum atomic E-state index is -5.40.